The van der Waals surface area contributed by atoms with Gasteiger partial charge >= 0.3 is 6.09 Å². The van der Waals surface area contributed by atoms with E-state index in [1.807, 2.05) is 0 Å². The first-order valence-electron chi connectivity index (χ1n) is 9.95. The molecular weight excluding hydrogens is 384 g/mol. The van der Waals surface area contributed by atoms with Gasteiger partial charge in [0.15, 0.2) is 0 Å². The molecule has 1 unspecified atom stereocenters. The summed E-state index contributed by atoms with van der Waals surface area (Å²) in [6, 6.07) is 1.75. The topological polar surface area (TPSA) is 97.8 Å². The van der Waals surface area contributed by atoms with Crippen LogP contribution in [0.15, 0.2) is 12.3 Å². The summed E-state index contributed by atoms with van der Waals surface area (Å²) in [5, 5.41) is 25.1. The van der Waals surface area contributed by atoms with E-state index in [0.29, 0.717) is 42.8 Å². The molecule has 28 heavy (non-hydrogen) atoms. The van der Waals surface area contributed by atoms with Crippen LogP contribution < -0.4 is 10.2 Å². The number of ether oxygens (including phenoxy) is 1. The maximum atomic E-state index is 13.5. The number of carboxylic acid groups (broad SMARTS) is 1. The number of pyridine rings is 1. The first-order valence-corrected chi connectivity index (χ1v) is 10.3. The molecule has 3 fully saturated rings. The van der Waals surface area contributed by atoms with Crippen LogP contribution in [-0.2, 0) is 4.74 Å². The number of hydrogen-bond donors (Lipinski definition) is 2. The van der Waals surface area contributed by atoms with Crippen molar-refractivity contribution < 1.29 is 19.3 Å². The van der Waals surface area contributed by atoms with E-state index in [9.17, 15) is 10.0 Å². The van der Waals surface area contributed by atoms with Crippen LogP contribution in [0.2, 0.25) is 5.02 Å². The van der Waals surface area contributed by atoms with Gasteiger partial charge in [-0.1, -0.05) is 11.6 Å². The number of hydroxylamine groups is 3. The zero-order valence-corrected chi connectivity index (χ0v) is 16.7. The molecule has 3 aliphatic rings. The van der Waals surface area contributed by atoms with Crippen LogP contribution >= 0.6 is 11.6 Å². The number of halogens is 1. The van der Waals surface area contributed by atoms with Crippen molar-refractivity contribution in [1.82, 2.24) is 4.98 Å². The summed E-state index contributed by atoms with van der Waals surface area (Å²) in [5.41, 5.74) is 0.352. The normalized spacial score (nSPS) is 31.3. The Morgan fingerprint density at radius 1 is 1.43 bits per heavy atom. The lowest BCUT2D eigenvalue weighted by Gasteiger charge is -2.49. The second kappa shape index (κ2) is 7.67. The molecule has 0 saturated carbocycles. The number of nitrogens with one attached hydrogen (secondary N) is 1. The number of quaternary nitrogens is 1. The lowest BCUT2D eigenvalue weighted by Crippen LogP contribution is -2.54. The highest BCUT2D eigenvalue weighted by molar-refractivity contribution is 6.33. The monoisotopic (exact) mass is 410 g/mol. The number of carbonyl (C=O) groups is 1. The van der Waals surface area contributed by atoms with E-state index < -0.39 is 6.09 Å². The fourth-order valence-electron chi connectivity index (χ4n) is 5.20. The molecular formula is C19H27ClN4O4. The molecule has 3 saturated heterocycles. The standard InChI is InChI=1S/C19H27ClN4O4/c20-16-10-14(22-18(25)26)11-21-17(16)23-6-1-4-19(12-23)5-7-24(27,13-19)15-2-8-28-9-3-15/h10-11,15,22H,1-9,12-13H2,(H,25,26)/t19-,24?/m0/s1. The van der Waals surface area contributed by atoms with Crippen LogP contribution in [-0.4, -0.2) is 66.3 Å². The van der Waals surface area contributed by atoms with Crippen molar-refractivity contribution in [3.63, 3.8) is 0 Å². The molecule has 0 bridgehead atoms. The molecule has 1 aromatic rings. The van der Waals surface area contributed by atoms with Gasteiger partial charge in [-0.2, -0.15) is 0 Å². The van der Waals surface area contributed by atoms with Gasteiger partial charge in [-0.25, -0.2) is 9.78 Å². The van der Waals surface area contributed by atoms with Crippen LogP contribution in [0, 0.1) is 10.6 Å². The third-order valence-electron chi connectivity index (χ3n) is 6.51. The average Bonchev–Trinajstić information content (AvgIpc) is 2.99. The lowest BCUT2D eigenvalue weighted by molar-refractivity contribution is -0.898. The molecule has 1 aromatic heterocycles. The fourth-order valence-corrected chi connectivity index (χ4v) is 5.48. The van der Waals surface area contributed by atoms with Crippen LogP contribution in [0.4, 0.5) is 16.3 Å². The SMILES string of the molecule is O=C(O)Nc1cnc(N2CCC[C@]3(CC[N+]([O-])(C4CCOCC4)C3)C2)c(Cl)c1. The highest BCUT2D eigenvalue weighted by atomic mass is 35.5. The Morgan fingerprint density at radius 2 is 2.21 bits per heavy atom. The lowest BCUT2D eigenvalue weighted by atomic mass is 9.79. The Morgan fingerprint density at radius 3 is 2.93 bits per heavy atom. The summed E-state index contributed by atoms with van der Waals surface area (Å²) in [6.45, 7) is 4.35. The molecule has 9 heteroatoms. The quantitative estimate of drug-likeness (QED) is 0.586. The van der Waals surface area contributed by atoms with Crippen molar-refractivity contribution in [2.24, 2.45) is 5.41 Å². The largest absolute Gasteiger partial charge is 0.633 e. The van der Waals surface area contributed by atoms with Crippen molar-refractivity contribution in [2.45, 2.75) is 38.1 Å². The second-order valence-corrected chi connectivity index (χ2v) is 8.82. The minimum absolute atomic E-state index is 0.00129. The van der Waals surface area contributed by atoms with E-state index >= 15 is 0 Å². The van der Waals surface area contributed by atoms with Crippen LogP contribution in [0.1, 0.15) is 32.1 Å². The number of rotatable bonds is 3. The molecule has 4 heterocycles. The number of nitrogens with zero attached hydrogens (tertiary/aromatic N) is 3. The number of anilines is 2. The number of amides is 1. The summed E-state index contributed by atoms with van der Waals surface area (Å²) < 4.78 is 5.36. The van der Waals surface area contributed by atoms with Crippen molar-refractivity contribution in [3.8, 4) is 0 Å². The third-order valence-corrected chi connectivity index (χ3v) is 6.79. The molecule has 0 aromatic carbocycles. The summed E-state index contributed by atoms with van der Waals surface area (Å²) in [7, 11) is 0. The van der Waals surface area contributed by atoms with Crippen LogP contribution in [0.5, 0.6) is 0 Å². The van der Waals surface area contributed by atoms with Gasteiger partial charge in [0.1, 0.15) is 5.82 Å². The van der Waals surface area contributed by atoms with E-state index in [1.165, 1.54) is 6.20 Å². The van der Waals surface area contributed by atoms with Gasteiger partial charge in [-0.05, 0) is 18.9 Å². The molecule has 1 amide bonds. The predicted octanol–water partition coefficient (Wildman–Crippen LogP) is 3.31. The van der Waals surface area contributed by atoms with Crippen molar-refractivity contribution in [3.05, 3.63) is 22.5 Å². The molecule has 4 rings (SSSR count). The van der Waals surface area contributed by atoms with Gasteiger partial charge < -0.3 is 24.6 Å². The first kappa shape index (κ1) is 19.7. The number of hydrogen-bond acceptors (Lipinski definition) is 5. The van der Waals surface area contributed by atoms with Crippen LogP contribution in [0.25, 0.3) is 0 Å². The summed E-state index contributed by atoms with van der Waals surface area (Å²) in [4.78, 5) is 17.4. The Hall–Kier alpha value is -1.61. The first-order chi connectivity index (χ1) is 13.4. The van der Waals surface area contributed by atoms with Gasteiger partial charge in [-0.15, -0.1) is 0 Å². The average molecular weight is 411 g/mol. The van der Waals surface area contributed by atoms with Crippen molar-refractivity contribution in [2.75, 3.05) is 49.6 Å². The second-order valence-electron chi connectivity index (χ2n) is 8.41. The van der Waals surface area contributed by atoms with E-state index in [4.69, 9.17) is 21.4 Å². The Labute approximate surface area is 169 Å². The molecule has 2 N–H and O–H groups in total. The highest BCUT2D eigenvalue weighted by Crippen LogP contribution is 2.45. The Kier molecular flexibility index (Phi) is 5.39. The molecule has 2 atom stereocenters. The number of likely N-dealkylation sites (tertiary alicyclic amines) is 1. The molecule has 1 spiro atoms. The smallest absolute Gasteiger partial charge is 0.409 e. The minimum Gasteiger partial charge on any atom is -0.633 e. The summed E-state index contributed by atoms with van der Waals surface area (Å²) >= 11 is 6.40. The Balaban J connectivity index is 1.48. The van der Waals surface area contributed by atoms with Gasteiger partial charge in [0.2, 0.25) is 0 Å². The van der Waals surface area contributed by atoms with Gasteiger partial charge in [0.25, 0.3) is 0 Å². The Bertz CT molecular complexity index is 745. The molecule has 8 nitrogen and oxygen atoms in total. The minimum atomic E-state index is -1.15. The molecule has 0 aliphatic carbocycles. The maximum Gasteiger partial charge on any atom is 0.409 e. The summed E-state index contributed by atoms with van der Waals surface area (Å²) in [6.07, 6.45) is 5.04. The molecule has 154 valence electrons. The van der Waals surface area contributed by atoms with E-state index in [-0.39, 0.29) is 16.1 Å². The van der Waals surface area contributed by atoms with Crippen LogP contribution in [0.3, 0.4) is 0 Å². The fraction of sp³-hybridized carbons (Fsp3) is 0.684. The number of aromatic nitrogens is 1. The summed E-state index contributed by atoms with van der Waals surface area (Å²) in [5.74, 6) is 0.665. The third kappa shape index (κ3) is 3.91. The van der Waals surface area contributed by atoms with Gasteiger partial charge in [0.05, 0.1) is 49.3 Å². The number of piperidine rings is 1. The molecule has 3 aliphatic heterocycles. The van der Waals surface area contributed by atoms with Gasteiger partial charge in [-0.3, -0.25) is 5.32 Å². The molecule has 0 radical (unpaired) electrons. The maximum absolute atomic E-state index is 13.5. The van der Waals surface area contributed by atoms with Crippen molar-refractivity contribution >= 4 is 29.2 Å². The van der Waals surface area contributed by atoms with Gasteiger partial charge in [0, 0.05) is 37.8 Å². The highest BCUT2D eigenvalue weighted by Gasteiger charge is 2.50. The zero-order chi connectivity index (χ0) is 19.8. The predicted molar refractivity (Wildman–Crippen MR) is 107 cm³/mol. The van der Waals surface area contributed by atoms with E-state index in [1.54, 1.807) is 6.07 Å². The van der Waals surface area contributed by atoms with E-state index in [2.05, 4.69) is 15.2 Å². The van der Waals surface area contributed by atoms with E-state index in [0.717, 1.165) is 45.2 Å². The zero-order valence-electron chi connectivity index (χ0n) is 15.9. The van der Waals surface area contributed by atoms with Crippen molar-refractivity contribution in [1.29, 1.82) is 0 Å².